The molecule has 2 aromatic carbocycles. The first-order valence-corrected chi connectivity index (χ1v) is 7.57. The lowest BCUT2D eigenvalue weighted by Gasteiger charge is -2.14. The van der Waals surface area contributed by atoms with E-state index in [0.29, 0.717) is 27.4 Å². The van der Waals surface area contributed by atoms with Crippen molar-refractivity contribution < 1.29 is 19.7 Å². The van der Waals surface area contributed by atoms with Gasteiger partial charge in [-0.25, -0.2) is 9.78 Å². The van der Waals surface area contributed by atoms with Crippen LogP contribution in [0, 0.1) is 10.1 Å². The van der Waals surface area contributed by atoms with Gasteiger partial charge in [-0.3, -0.25) is 10.1 Å². The van der Waals surface area contributed by atoms with Gasteiger partial charge in [-0.05, 0) is 37.3 Å². The first-order chi connectivity index (χ1) is 11.9. The van der Waals surface area contributed by atoms with E-state index in [0.717, 1.165) is 0 Å². The molecule has 0 bridgehead atoms. The molecule has 0 spiro atoms. The molecule has 9 heteroatoms. The third-order valence-electron chi connectivity index (χ3n) is 3.52. The van der Waals surface area contributed by atoms with Crippen LogP contribution in [0.25, 0.3) is 22.4 Å². The molecule has 1 heterocycles. The van der Waals surface area contributed by atoms with Crippen molar-refractivity contribution in [1.82, 2.24) is 9.71 Å². The maximum absolute atomic E-state index is 11.1. The van der Waals surface area contributed by atoms with E-state index in [4.69, 9.17) is 21.5 Å². The molecule has 0 aliphatic heterocycles. The molecule has 1 unspecified atom stereocenters. The second kappa shape index (κ2) is 6.40. The Balaban J connectivity index is 2.22. The molecular formula is C16H12ClN3O5. The molecule has 128 valence electrons. The Hall–Kier alpha value is -3.13. The number of carboxylic acid groups (broad SMARTS) is 1. The van der Waals surface area contributed by atoms with Gasteiger partial charge in [0.15, 0.2) is 5.82 Å². The van der Waals surface area contributed by atoms with Gasteiger partial charge >= 0.3 is 5.97 Å². The zero-order valence-electron chi connectivity index (χ0n) is 12.9. The molecule has 3 aromatic rings. The van der Waals surface area contributed by atoms with Crippen molar-refractivity contribution in [3.8, 4) is 11.4 Å². The lowest BCUT2D eigenvalue weighted by Crippen LogP contribution is -2.30. The molecular weight excluding hydrogens is 350 g/mol. The number of nitro groups is 1. The molecule has 0 radical (unpaired) electrons. The van der Waals surface area contributed by atoms with Crippen molar-refractivity contribution in [3.05, 3.63) is 57.6 Å². The molecule has 0 saturated carbocycles. The topological polar surface area (TPSA) is 107 Å². The van der Waals surface area contributed by atoms with Gasteiger partial charge in [-0.1, -0.05) is 11.6 Å². The highest BCUT2D eigenvalue weighted by molar-refractivity contribution is 6.30. The summed E-state index contributed by atoms with van der Waals surface area (Å²) >= 11 is 5.89. The number of halogens is 1. The summed E-state index contributed by atoms with van der Waals surface area (Å²) in [5, 5.41) is 20.7. The van der Waals surface area contributed by atoms with E-state index in [-0.39, 0.29) is 5.69 Å². The van der Waals surface area contributed by atoms with E-state index >= 15 is 0 Å². The minimum Gasteiger partial charge on any atom is -0.478 e. The molecule has 0 saturated heterocycles. The number of non-ortho nitro benzene ring substituents is 1. The number of hydrogen-bond acceptors (Lipinski definition) is 5. The molecule has 0 aliphatic carbocycles. The number of aromatic nitrogens is 2. The van der Waals surface area contributed by atoms with Crippen LogP contribution in [0.3, 0.4) is 0 Å². The summed E-state index contributed by atoms with van der Waals surface area (Å²) < 4.78 is 1.20. The van der Waals surface area contributed by atoms with Crippen molar-refractivity contribution in [2.45, 2.75) is 13.0 Å². The molecule has 1 atom stereocenters. The molecule has 3 rings (SSSR count). The first kappa shape index (κ1) is 16.7. The third-order valence-corrected chi connectivity index (χ3v) is 3.77. The summed E-state index contributed by atoms with van der Waals surface area (Å²) in [6.45, 7) is 1.36. The maximum Gasteiger partial charge on any atom is 0.347 e. The summed E-state index contributed by atoms with van der Waals surface area (Å²) in [5.74, 6) is -0.852. The van der Waals surface area contributed by atoms with Crippen LogP contribution in [0.5, 0.6) is 0 Å². The summed E-state index contributed by atoms with van der Waals surface area (Å²) in [4.78, 5) is 31.5. The monoisotopic (exact) mass is 361 g/mol. The first-order valence-electron chi connectivity index (χ1n) is 7.19. The van der Waals surface area contributed by atoms with E-state index in [1.165, 1.54) is 29.9 Å². The van der Waals surface area contributed by atoms with Gasteiger partial charge in [0.2, 0.25) is 6.10 Å². The number of hydrogen-bond donors (Lipinski definition) is 1. The minimum absolute atomic E-state index is 0.150. The Kier molecular flexibility index (Phi) is 4.28. The lowest BCUT2D eigenvalue weighted by atomic mass is 10.2. The predicted molar refractivity (Wildman–Crippen MR) is 90.5 cm³/mol. The van der Waals surface area contributed by atoms with E-state index in [1.807, 2.05) is 0 Å². The van der Waals surface area contributed by atoms with Crippen LogP contribution in [0.1, 0.15) is 6.92 Å². The Morgan fingerprint density at radius 1 is 1.32 bits per heavy atom. The number of imidazole rings is 1. The SMILES string of the molecule is CC(On1c(-c2ccc(Cl)cc2)nc2ccc([N+](=O)[O-])cc21)C(=O)O. The number of rotatable bonds is 5. The van der Waals surface area contributed by atoms with Gasteiger partial charge in [0.1, 0.15) is 5.52 Å². The fraction of sp³-hybridized carbons (Fsp3) is 0.125. The average Bonchev–Trinajstić information content (AvgIpc) is 2.93. The highest BCUT2D eigenvalue weighted by Gasteiger charge is 2.21. The molecule has 1 aromatic heterocycles. The zero-order chi connectivity index (χ0) is 18.1. The number of carboxylic acids is 1. The fourth-order valence-corrected chi connectivity index (χ4v) is 2.37. The molecule has 0 amide bonds. The predicted octanol–water partition coefficient (Wildman–Crippen LogP) is 3.17. The van der Waals surface area contributed by atoms with Gasteiger partial charge in [-0.15, -0.1) is 0 Å². The molecule has 1 N–H and O–H groups in total. The van der Waals surface area contributed by atoms with Crippen molar-refractivity contribution >= 4 is 34.3 Å². The van der Waals surface area contributed by atoms with E-state index < -0.39 is 17.0 Å². The maximum atomic E-state index is 11.1. The lowest BCUT2D eigenvalue weighted by molar-refractivity contribution is -0.384. The number of nitrogens with zero attached hydrogens (tertiary/aromatic N) is 3. The number of nitro benzene ring substituents is 1. The van der Waals surface area contributed by atoms with Gasteiger partial charge in [0, 0.05) is 22.7 Å². The van der Waals surface area contributed by atoms with Gasteiger partial charge in [0.25, 0.3) is 5.69 Å². The van der Waals surface area contributed by atoms with Crippen LogP contribution >= 0.6 is 11.6 Å². The summed E-state index contributed by atoms with van der Waals surface area (Å²) in [6, 6.07) is 10.8. The summed E-state index contributed by atoms with van der Waals surface area (Å²) in [7, 11) is 0. The highest BCUT2D eigenvalue weighted by atomic mass is 35.5. The van der Waals surface area contributed by atoms with Crippen molar-refractivity contribution in [2.75, 3.05) is 0 Å². The van der Waals surface area contributed by atoms with Gasteiger partial charge in [0.05, 0.1) is 10.4 Å². The molecule has 25 heavy (non-hydrogen) atoms. The second-order valence-corrected chi connectivity index (χ2v) is 5.69. The number of benzene rings is 2. The van der Waals surface area contributed by atoms with E-state index in [9.17, 15) is 14.9 Å². The van der Waals surface area contributed by atoms with Crippen LogP contribution < -0.4 is 4.84 Å². The van der Waals surface area contributed by atoms with E-state index in [2.05, 4.69) is 4.98 Å². The summed E-state index contributed by atoms with van der Waals surface area (Å²) in [5.41, 5.74) is 1.21. The minimum atomic E-state index is -1.18. The van der Waals surface area contributed by atoms with Gasteiger partial charge < -0.3 is 9.94 Å². The number of aliphatic carboxylic acids is 1. The van der Waals surface area contributed by atoms with Crippen molar-refractivity contribution in [3.63, 3.8) is 0 Å². The van der Waals surface area contributed by atoms with Crippen LogP contribution in [0.4, 0.5) is 5.69 Å². The van der Waals surface area contributed by atoms with Crippen LogP contribution in [-0.4, -0.2) is 31.8 Å². The second-order valence-electron chi connectivity index (χ2n) is 5.25. The van der Waals surface area contributed by atoms with E-state index in [1.54, 1.807) is 24.3 Å². The number of carbonyl (C=O) groups is 1. The quantitative estimate of drug-likeness (QED) is 0.552. The Morgan fingerprint density at radius 2 is 2.00 bits per heavy atom. The van der Waals surface area contributed by atoms with Crippen LogP contribution in [0.2, 0.25) is 5.02 Å². The van der Waals surface area contributed by atoms with Crippen LogP contribution in [-0.2, 0) is 4.79 Å². The van der Waals surface area contributed by atoms with Gasteiger partial charge in [-0.2, -0.15) is 4.73 Å². The Morgan fingerprint density at radius 3 is 2.60 bits per heavy atom. The zero-order valence-corrected chi connectivity index (χ0v) is 13.7. The van der Waals surface area contributed by atoms with Crippen LogP contribution in [0.15, 0.2) is 42.5 Å². The molecule has 8 nitrogen and oxygen atoms in total. The Bertz CT molecular complexity index is 968. The fourth-order valence-electron chi connectivity index (χ4n) is 2.25. The average molecular weight is 362 g/mol. The Labute approximate surface area is 146 Å². The standard InChI is InChI=1S/C16H12ClN3O5/c1-9(16(21)22)25-19-14-8-12(20(23)24)6-7-13(14)18-15(19)10-2-4-11(17)5-3-10/h2-9H,1H3,(H,21,22). The number of fused-ring (bicyclic) bond motifs is 1. The molecule has 0 aliphatic rings. The summed E-state index contributed by atoms with van der Waals surface area (Å²) in [6.07, 6.45) is -1.18. The third kappa shape index (κ3) is 3.24. The van der Waals surface area contributed by atoms with Crippen molar-refractivity contribution in [2.24, 2.45) is 0 Å². The van der Waals surface area contributed by atoms with Crippen molar-refractivity contribution in [1.29, 1.82) is 0 Å². The molecule has 0 fully saturated rings. The normalized spacial score (nSPS) is 12.1. The largest absolute Gasteiger partial charge is 0.478 e. The highest BCUT2D eigenvalue weighted by Crippen LogP contribution is 2.28. The smallest absolute Gasteiger partial charge is 0.347 e.